The van der Waals surface area contributed by atoms with Gasteiger partial charge in [-0.15, -0.1) is 0 Å². The highest BCUT2D eigenvalue weighted by molar-refractivity contribution is 6.08. The van der Waals surface area contributed by atoms with Gasteiger partial charge in [0.25, 0.3) is 0 Å². The second-order valence-electron chi connectivity index (χ2n) is 36.1. The van der Waals surface area contributed by atoms with Gasteiger partial charge in [0.1, 0.15) is 0 Å². The molecule has 4 aliphatic rings. The van der Waals surface area contributed by atoms with E-state index in [9.17, 15) is 0 Å². The van der Waals surface area contributed by atoms with E-state index in [1.54, 1.807) is 0 Å². The summed E-state index contributed by atoms with van der Waals surface area (Å²) in [6.45, 7) is 65.0. The fourth-order valence-electron chi connectivity index (χ4n) is 18.6. The number of fused-ring (bicyclic) bond motifs is 17. The molecule has 0 spiro atoms. The minimum atomic E-state index is -0.0822. The molecule has 6 aromatic heterocycles. The van der Waals surface area contributed by atoms with Crippen LogP contribution in [0.4, 0.5) is 0 Å². The van der Waals surface area contributed by atoms with E-state index < -0.39 is 0 Å². The average molecular weight is 1460 g/mol. The molecule has 8 nitrogen and oxygen atoms in total. The van der Waals surface area contributed by atoms with Gasteiger partial charge >= 0.3 is 0 Å². The fraction of sp³-hybridized carbons (Fsp3) is 0.392. The van der Waals surface area contributed by atoms with Gasteiger partial charge in [-0.2, -0.15) is 0 Å². The van der Waals surface area contributed by atoms with Gasteiger partial charge in [-0.1, -0.05) is 199 Å². The van der Waals surface area contributed by atoms with Crippen LogP contribution in [0.1, 0.15) is 304 Å². The number of aryl methyl sites for hydroxylation is 8. The fourth-order valence-corrected chi connectivity index (χ4v) is 18.6. The number of hydrogen-bond acceptors (Lipinski definition) is 4. The van der Waals surface area contributed by atoms with E-state index in [0.29, 0.717) is 0 Å². The Balaban J connectivity index is 1.07. The molecular weight excluding hydrogens is 1340 g/mol. The Bertz CT molecular complexity index is 5620. The first-order chi connectivity index (χ1) is 52.0. The van der Waals surface area contributed by atoms with Gasteiger partial charge < -0.3 is 19.9 Å². The lowest BCUT2D eigenvalue weighted by Crippen LogP contribution is -2.16. The van der Waals surface area contributed by atoms with Crippen LogP contribution in [-0.4, -0.2) is 39.9 Å². The van der Waals surface area contributed by atoms with Crippen molar-refractivity contribution < 1.29 is 0 Å². The van der Waals surface area contributed by atoms with Crippen molar-refractivity contribution in [2.75, 3.05) is 0 Å². The third-order valence-electron chi connectivity index (χ3n) is 25.3. The predicted molar refractivity (Wildman–Crippen MR) is 477 cm³/mol. The first-order valence-corrected chi connectivity index (χ1v) is 41.3. The molecule has 0 saturated carbocycles. The van der Waals surface area contributed by atoms with Gasteiger partial charge in [-0.25, -0.2) is 19.9 Å². The number of nitrogens with zero attached hydrogens (tertiary/aromatic N) is 4. The summed E-state index contributed by atoms with van der Waals surface area (Å²) in [5.41, 5.74) is 50.9. The lowest BCUT2D eigenvalue weighted by Gasteiger charge is -2.26. The lowest BCUT2D eigenvalue weighted by molar-refractivity contribution is 0.568. The second kappa shape index (κ2) is 28.3. The molecule has 568 valence electrons. The van der Waals surface area contributed by atoms with Crippen molar-refractivity contribution >= 4 is 99.5 Å². The molecule has 10 aromatic rings. The molecule has 16 bridgehead atoms. The largest absolute Gasteiger partial charge is 0.354 e. The molecule has 0 aliphatic carbocycles. The summed E-state index contributed by atoms with van der Waals surface area (Å²) >= 11 is 0. The molecule has 0 saturated heterocycles. The number of benzene rings is 4. The van der Waals surface area contributed by atoms with Crippen LogP contribution in [0.5, 0.6) is 0 Å². The van der Waals surface area contributed by atoms with Crippen LogP contribution in [0.15, 0.2) is 97.1 Å². The highest BCUT2D eigenvalue weighted by Gasteiger charge is 2.32. The summed E-state index contributed by atoms with van der Waals surface area (Å²) in [6.07, 6.45) is 6.72. The molecule has 4 aromatic carbocycles. The van der Waals surface area contributed by atoms with Crippen LogP contribution in [-0.2, 0) is 47.3 Å². The van der Waals surface area contributed by atoms with Crippen molar-refractivity contribution in [3.05, 3.63) is 209 Å². The molecule has 8 heteroatoms. The van der Waals surface area contributed by atoms with Gasteiger partial charge in [0.15, 0.2) is 0 Å². The van der Waals surface area contributed by atoms with Crippen LogP contribution in [0, 0.1) is 27.7 Å². The van der Waals surface area contributed by atoms with Crippen LogP contribution in [0.3, 0.4) is 0 Å². The highest BCUT2D eigenvalue weighted by atomic mass is 14.8. The Kier molecular flexibility index (Phi) is 19.8. The summed E-state index contributed by atoms with van der Waals surface area (Å²) in [7, 11) is 0. The van der Waals surface area contributed by atoms with Gasteiger partial charge in [0.2, 0.25) is 0 Å². The molecule has 110 heavy (non-hydrogen) atoms. The Morgan fingerprint density at radius 1 is 0.255 bits per heavy atom. The van der Waals surface area contributed by atoms with Crippen LogP contribution in [0.2, 0.25) is 0 Å². The smallest absolute Gasteiger partial charge is 0.0769 e. The molecular formula is C102H120N8. The number of aromatic nitrogens is 8. The molecule has 14 rings (SSSR count). The Labute approximate surface area is 656 Å². The predicted octanol–water partition coefficient (Wildman–Crippen LogP) is 28.8. The van der Waals surface area contributed by atoms with Crippen molar-refractivity contribution in [2.24, 2.45) is 0 Å². The SMILES string of the molecule is CCC1=C(C)c2nc1cc1[nH]c(c(C)c1CC)c(-c1cc(C(C)(C)C)cc(C(C)(C)C)c1)c1nc(cc3[nH]c(c(C)c3CC)c2-c2ccc3ccc(-c4c5nc(cc6[nH]c(c(C)c6CC)c(-c6cc(C(C)(C)C)cc(C(C)(C)C)c6)c6nc(cc7[nH]c4c(C)c7CC)C(CC)=C6C)C(CC)=C5C)cc3c2)C(CC)=C1C. The summed E-state index contributed by atoms with van der Waals surface area (Å²) in [5.74, 6) is 0. The third kappa shape index (κ3) is 12.9. The van der Waals surface area contributed by atoms with Gasteiger partial charge in [0.05, 0.1) is 67.6 Å². The van der Waals surface area contributed by atoms with Crippen LogP contribution < -0.4 is 0 Å². The van der Waals surface area contributed by atoms with Crippen molar-refractivity contribution in [3.63, 3.8) is 0 Å². The molecule has 4 N–H and O–H groups in total. The minimum Gasteiger partial charge on any atom is -0.354 e. The first-order valence-electron chi connectivity index (χ1n) is 41.3. The van der Waals surface area contributed by atoms with Gasteiger partial charge in [-0.3, -0.25) is 0 Å². The van der Waals surface area contributed by atoms with Gasteiger partial charge in [0, 0.05) is 44.3 Å². The normalized spacial score (nSPS) is 14.0. The van der Waals surface area contributed by atoms with Crippen molar-refractivity contribution in [3.8, 4) is 44.5 Å². The molecule has 0 amide bonds. The Morgan fingerprint density at radius 2 is 0.482 bits per heavy atom. The molecule has 0 fully saturated rings. The molecule has 0 unspecified atom stereocenters. The summed E-state index contributed by atoms with van der Waals surface area (Å²) < 4.78 is 0. The lowest BCUT2D eigenvalue weighted by atomic mass is 9.78. The number of rotatable bonds is 12. The molecule has 4 aliphatic heterocycles. The van der Waals surface area contributed by atoms with Crippen molar-refractivity contribution in [2.45, 2.75) is 267 Å². The quantitative estimate of drug-likeness (QED) is 0.0975. The number of nitrogens with one attached hydrogen (secondary N) is 4. The maximum atomic E-state index is 5.95. The van der Waals surface area contributed by atoms with E-state index in [4.69, 9.17) is 19.9 Å². The van der Waals surface area contributed by atoms with E-state index >= 15 is 0 Å². The zero-order chi connectivity index (χ0) is 79.2. The number of hydrogen-bond donors (Lipinski definition) is 4. The Hall–Kier alpha value is -9.66. The topological polar surface area (TPSA) is 115 Å². The summed E-state index contributed by atoms with van der Waals surface area (Å²) in [4.78, 5) is 40.4. The van der Waals surface area contributed by atoms with Crippen LogP contribution in [0.25, 0.3) is 144 Å². The Morgan fingerprint density at radius 3 is 0.691 bits per heavy atom. The highest BCUT2D eigenvalue weighted by Crippen LogP contribution is 2.50. The van der Waals surface area contributed by atoms with Crippen molar-refractivity contribution in [1.82, 2.24) is 39.9 Å². The van der Waals surface area contributed by atoms with Crippen molar-refractivity contribution in [1.29, 1.82) is 0 Å². The maximum Gasteiger partial charge on any atom is 0.0769 e. The zero-order valence-corrected chi connectivity index (χ0v) is 71.7. The number of H-pyrrole nitrogens is 4. The zero-order valence-electron chi connectivity index (χ0n) is 71.7. The van der Waals surface area contributed by atoms with Crippen LogP contribution >= 0.6 is 0 Å². The van der Waals surface area contributed by atoms with E-state index in [1.165, 1.54) is 122 Å². The molecule has 10 heterocycles. The summed E-state index contributed by atoms with van der Waals surface area (Å²) in [6, 6.07) is 38.4. The molecule has 0 atom stereocenters. The van der Waals surface area contributed by atoms with E-state index in [0.717, 1.165) is 185 Å². The van der Waals surface area contributed by atoms with E-state index in [-0.39, 0.29) is 21.7 Å². The van der Waals surface area contributed by atoms with E-state index in [1.807, 2.05) is 0 Å². The summed E-state index contributed by atoms with van der Waals surface area (Å²) in [5, 5.41) is 2.30. The maximum absolute atomic E-state index is 5.95. The molecule has 0 radical (unpaired) electrons. The van der Waals surface area contributed by atoms with E-state index in [2.05, 4.69) is 311 Å². The average Bonchev–Trinajstić information content (AvgIpc) is 1.58. The first kappa shape index (κ1) is 77.1. The number of aromatic amines is 4. The number of allylic oxidation sites excluding steroid dienone is 8. The monoisotopic (exact) mass is 1460 g/mol. The van der Waals surface area contributed by atoms with Gasteiger partial charge in [-0.05, 0) is 309 Å². The third-order valence-corrected chi connectivity index (χ3v) is 25.3. The standard InChI is InChI=1S/C102H120N8/c1-29-71-53(9)91-87(92-54(10)72(30-2)80(104-92)50-84-76(34-6)58(14)96(108-84)89(95-57(13)75(33-5)83(107-95)49-79(71)103-91)65-43-67(99(17,18)19)47-68(44-65)100(20,21)22)62-39-37-61-38-40-63(42-64(61)41-62)88-93-55(11)73(31-3)81(105-93)51-85-77(35-7)59(15)97(109-85)90(66-45-69(101(23,24)25)48-70(46-66)102(26,27)28)98-60(16)78(36-8)86(110-98)52-82-74(32-4)56(12)94(88)106-82/h37-52,103,105,108,110H,29-36H2,1-28H3. The second-order valence-corrected chi connectivity index (χ2v) is 36.1. The minimum absolute atomic E-state index is 0.0822.